The maximum atomic E-state index is 13.8. The van der Waals surface area contributed by atoms with E-state index in [4.69, 9.17) is 4.74 Å². The first-order valence-corrected chi connectivity index (χ1v) is 6.22. The van der Waals surface area contributed by atoms with Gasteiger partial charge < -0.3 is 9.84 Å². The third kappa shape index (κ3) is 3.55. The fourth-order valence-electron chi connectivity index (χ4n) is 1.86. The Morgan fingerprint density at radius 3 is 2.63 bits per heavy atom. The van der Waals surface area contributed by atoms with Gasteiger partial charge in [0.25, 0.3) is 0 Å². The van der Waals surface area contributed by atoms with Gasteiger partial charge >= 0.3 is 0 Å². The Kier molecular flexibility index (Phi) is 4.17. The molecule has 2 nitrogen and oxygen atoms in total. The predicted molar refractivity (Wildman–Crippen MR) is 72.5 cm³/mol. The number of ether oxygens (including phenoxy) is 1. The van der Waals surface area contributed by atoms with Gasteiger partial charge in [-0.15, -0.1) is 0 Å². The third-order valence-electron chi connectivity index (χ3n) is 2.92. The van der Waals surface area contributed by atoms with Crippen LogP contribution < -0.4 is 4.74 Å². The molecule has 100 valence electrons. The average molecular weight is 260 g/mol. The van der Waals surface area contributed by atoms with Crippen LogP contribution in [0.5, 0.6) is 5.75 Å². The first kappa shape index (κ1) is 13.6. The van der Waals surface area contributed by atoms with Gasteiger partial charge in [-0.1, -0.05) is 35.9 Å². The molecule has 0 aliphatic heterocycles. The molecule has 0 aliphatic rings. The Morgan fingerprint density at radius 2 is 2.00 bits per heavy atom. The zero-order chi connectivity index (χ0) is 13.8. The largest absolute Gasteiger partial charge is 0.486 e. The van der Waals surface area contributed by atoms with E-state index in [1.165, 1.54) is 6.07 Å². The van der Waals surface area contributed by atoms with Crippen LogP contribution in [0.25, 0.3) is 0 Å². The Hall–Kier alpha value is -1.87. The molecule has 2 rings (SSSR count). The summed E-state index contributed by atoms with van der Waals surface area (Å²) in [5.74, 6) is -0.253. The molecule has 0 spiro atoms. The SMILES string of the molecule is Cc1cccc(COc2ccc([C@H](C)O)cc2F)c1. The Labute approximate surface area is 112 Å². The minimum absolute atomic E-state index is 0.200. The van der Waals surface area contributed by atoms with E-state index < -0.39 is 11.9 Å². The predicted octanol–water partition coefficient (Wildman–Crippen LogP) is 3.77. The minimum Gasteiger partial charge on any atom is -0.486 e. The second-order valence-corrected chi connectivity index (χ2v) is 4.64. The molecule has 0 fully saturated rings. The number of benzene rings is 2. The molecular weight excluding hydrogens is 243 g/mol. The van der Waals surface area contributed by atoms with Crippen molar-refractivity contribution in [2.24, 2.45) is 0 Å². The fourth-order valence-corrected chi connectivity index (χ4v) is 1.86. The van der Waals surface area contributed by atoms with Crippen molar-refractivity contribution in [3.05, 3.63) is 65.0 Å². The molecule has 0 aliphatic carbocycles. The average Bonchev–Trinajstić information content (AvgIpc) is 2.37. The molecule has 0 radical (unpaired) electrons. The van der Waals surface area contributed by atoms with Gasteiger partial charge in [0.15, 0.2) is 11.6 Å². The summed E-state index contributed by atoms with van der Waals surface area (Å²) in [7, 11) is 0. The van der Waals surface area contributed by atoms with Crippen LogP contribution in [0, 0.1) is 12.7 Å². The van der Waals surface area contributed by atoms with Gasteiger partial charge in [-0.2, -0.15) is 0 Å². The summed E-state index contributed by atoms with van der Waals surface area (Å²) in [5, 5.41) is 9.37. The summed E-state index contributed by atoms with van der Waals surface area (Å²) >= 11 is 0. The van der Waals surface area contributed by atoms with Crippen molar-refractivity contribution in [1.29, 1.82) is 0 Å². The van der Waals surface area contributed by atoms with Crippen LogP contribution in [0.4, 0.5) is 4.39 Å². The first-order chi connectivity index (χ1) is 9.06. The highest BCUT2D eigenvalue weighted by molar-refractivity contribution is 5.31. The topological polar surface area (TPSA) is 29.5 Å². The second kappa shape index (κ2) is 5.85. The standard InChI is InChI=1S/C16H17FO2/c1-11-4-3-5-13(8-11)10-19-16-7-6-14(12(2)18)9-15(16)17/h3-9,12,18H,10H2,1-2H3/t12-/m0/s1. The van der Waals surface area contributed by atoms with Crippen molar-refractivity contribution in [2.45, 2.75) is 26.6 Å². The normalized spacial score (nSPS) is 12.2. The minimum atomic E-state index is -0.680. The summed E-state index contributed by atoms with van der Waals surface area (Å²) in [5.41, 5.74) is 2.69. The lowest BCUT2D eigenvalue weighted by Gasteiger charge is -2.10. The molecule has 2 aromatic rings. The highest BCUT2D eigenvalue weighted by Gasteiger charge is 2.08. The number of aliphatic hydroxyl groups is 1. The molecule has 0 saturated heterocycles. The van der Waals surface area contributed by atoms with E-state index in [0.717, 1.165) is 11.1 Å². The molecule has 1 N–H and O–H groups in total. The molecular formula is C16H17FO2. The van der Waals surface area contributed by atoms with E-state index in [2.05, 4.69) is 0 Å². The molecule has 0 unspecified atom stereocenters. The van der Waals surface area contributed by atoms with Crippen LogP contribution in [-0.2, 0) is 6.61 Å². The van der Waals surface area contributed by atoms with E-state index in [-0.39, 0.29) is 5.75 Å². The summed E-state index contributed by atoms with van der Waals surface area (Å²) in [6, 6.07) is 12.4. The first-order valence-electron chi connectivity index (χ1n) is 6.22. The van der Waals surface area contributed by atoms with Gasteiger partial charge in [-0.3, -0.25) is 0 Å². The Balaban J connectivity index is 2.07. The quantitative estimate of drug-likeness (QED) is 0.906. The molecule has 1 atom stereocenters. The monoisotopic (exact) mass is 260 g/mol. The molecule has 0 bridgehead atoms. The Bertz CT molecular complexity index is 564. The second-order valence-electron chi connectivity index (χ2n) is 4.64. The van der Waals surface area contributed by atoms with Crippen molar-refractivity contribution >= 4 is 0 Å². The maximum Gasteiger partial charge on any atom is 0.165 e. The number of hydrogen-bond acceptors (Lipinski definition) is 2. The van der Waals surface area contributed by atoms with Gasteiger partial charge in [-0.05, 0) is 37.1 Å². The van der Waals surface area contributed by atoms with Crippen molar-refractivity contribution in [3.63, 3.8) is 0 Å². The van der Waals surface area contributed by atoms with E-state index >= 15 is 0 Å². The molecule has 0 saturated carbocycles. The molecule has 0 aromatic heterocycles. The summed E-state index contributed by atoms with van der Waals surface area (Å²) in [4.78, 5) is 0. The molecule has 0 heterocycles. The fraction of sp³-hybridized carbons (Fsp3) is 0.250. The van der Waals surface area contributed by atoms with Gasteiger partial charge in [0.05, 0.1) is 6.10 Å². The van der Waals surface area contributed by atoms with Crippen molar-refractivity contribution in [2.75, 3.05) is 0 Å². The van der Waals surface area contributed by atoms with E-state index in [1.807, 2.05) is 31.2 Å². The molecule has 3 heteroatoms. The van der Waals surface area contributed by atoms with E-state index in [0.29, 0.717) is 12.2 Å². The smallest absolute Gasteiger partial charge is 0.165 e. The van der Waals surface area contributed by atoms with Crippen LogP contribution in [-0.4, -0.2) is 5.11 Å². The lowest BCUT2D eigenvalue weighted by Crippen LogP contribution is -1.99. The van der Waals surface area contributed by atoms with Crippen LogP contribution in [0.3, 0.4) is 0 Å². The number of hydrogen-bond donors (Lipinski definition) is 1. The lowest BCUT2D eigenvalue weighted by molar-refractivity contribution is 0.198. The molecule has 19 heavy (non-hydrogen) atoms. The van der Waals surface area contributed by atoms with Crippen LogP contribution in [0.1, 0.15) is 29.7 Å². The van der Waals surface area contributed by atoms with Gasteiger partial charge in [-0.25, -0.2) is 4.39 Å². The summed E-state index contributed by atoms with van der Waals surface area (Å²) < 4.78 is 19.2. The molecule has 0 amide bonds. The van der Waals surface area contributed by atoms with Gasteiger partial charge in [0.2, 0.25) is 0 Å². The van der Waals surface area contributed by atoms with Crippen LogP contribution >= 0.6 is 0 Å². The number of rotatable bonds is 4. The van der Waals surface area contributed by atoms with Crippen LogP contribution in [0.15, 0.2) is 42.5 Å². The summed E-state index contributed by atoms with van der Waals surface area (Å²) in [6.07, 6.45) is -0.680. The zero-order valence-electron chi connectivity index (χ0n) is 11.1. The summed E-state index contributed by atoms with van der Waals surface area (Å²) in [6.45, 7) is 3.93. The number of aliphatic hydroxyl groups excluding tert-OH is 1. The van der Waals surface area contributed by atoms with Gasteiger partial charge in [0.1, 0.15) is 6.61 Å². The zero-order valence-corrected chi connectivity index (χ0v) is 11.1. The van der Waals surface area contributed by atoms with E-state index in [9.17, 15) is 9.50 Å². The third-order valence-corrected chi connectivity index (χ3v) is 2.92. The Morgan fingerprint density at radius 1 is 1.21 bits per heavy atom. The number of aryl methyl sites for hydroxylation is 1. The van der Waals surface area contributed by atoms with E-state index in [1.54, 1.807) is 19.1 Å². The van der Waals surface area contributed by atoms with Gasteiger partial charge in [0, 0.05) is 0 Å². The van der Waals surface area contributed by atoms with Crippen molar-refractivity contribution in [1.82, 2.24) is 0 Å². The highest BCUT2D eigenvalue weighted by atomic mass is 19.1. The number of halogens is 1. The highest BCUT2D eigenvalue weighted by Crippen LogP contribution is 2.22. The van der Waals surface area contributed by atoms with Crippen LogP contribution in [0.2, 0.25) is 0 Å². The lowest BCUT2D eigenvalue weighted by atomic mass is 10.1. The van der Waals surface area contributed by atoms with Crippen molar-refractivity contribution in [3.8, 4) is 5.75 Å². The molecule has 2 aromatic carbocycles. The van der Waals surface area contributed by atoms with Crippen molar-refractivity contribution < 1.29 is 14.2 Å². The maximum absolute atomic E-state index is 13.8.